The SMILES string of the molecule is CCCCOc1ccc(-c2csc(NC(=O)/C=C/c3ccc(OCCC)c(OC)c3)n2)cc1. The van der Waals surface area contributed by atoms with Gasteiger partial charge in [-0.3, -0.25) is 10.1 Å². The second kappa shape index (κ2) is 12.6. The summed E-state index contributed by atoms with van der Waals surface area (Å²) in [6, 6.07) is 13.4. The number of anilines is 1. The molecule has 1 heterocycles. The number of aromatic nitrogens is 1. The number of nitrogens with zero attached hydrogens (tertiary/aromatic N) is 1. The Morgan fingerprint density at radius 1 is 1.03 bits per heavy atom. The second-order valence-electron chi connectivity index (χ2n) is 7.35. The van der Waals surface area contributed by atoms with Gasteiger partial charge in [-0.05, 0) is 60.9 Å². The van der Waals surface area contributed by atoms with E-state index in [-0.39, 0.29) is 5.91 Å². The van der Waals surface area contributed by atoms with Crippen molar-refractivity contribution in [3.63, 3.8) is 0 Å². The van der Waals surface area contributed by atoms with E-state index in [0.717, 1.165) is 48.4 Å². The van der Waals surface area contributed by atoms with Crippen molar-refractivity contribution in [2.45, 2.75) is 33.1 Å². The molecule has 1 amide bonds. The molecule has 7 heteroatoms. The largest absolute Gasteiger partial charge is 0.494 e. The van der Waals surface area contributed by atoms with Crippen LogP contribution in [0.4, 0.5) is 5.13 Å². The van der Waals surface area contributed by atoms with Crippen molar-refractivity contribution in [2.24, 2.45) is 0 Å². The van der Waals surface area contributed by atoms with E-state index in [1.54, 1.807) is 13.2 Å². The maximum absolute atomic E-state index is 12.4. The molecule has 0 aliphatic rings. The van der Waals surface area contributed by atoms with Gasteiger partial charge in [0, 0.05) is 17.0 Å². The summed E-state index contributed by atoms with van der Waals surface area (Å²) in [6.45, 7) is 5.53. The van der Waals surface area contributed by atoms with Crippen LogP contribution in [-0.4, -0.2) is 31.2 Å². The van der Waals surface area contributed by atoms with Crippen LogP contribution >= 0.6 is 11.3 Å². The van der Waals surface area contributed by atoms with Crippen molar-refractivity contribution in [2.75, 3.05) is 25.6 Å². The lowest BCUT2D eigenvalue weighted by molar-refractivity contribution is -0.111. The molecule has 0 spiro atoms. The molecule has 0 bridgehead atoms. The summed E-state index contributed by atoms with van der Waals surface area (Å²) in [7, 11) is 1.60. The van der Waals surface area contributed by atoms with Crippen LogP contribution in [0.2, 0.25) is 0 Å². The summed E-state index contributed by atoms with van der Waals surface area (Å²) in [5.74, 6) is 1.93. The van der Waals surface area contributed by atoms with Crippen LogP contribution in [0.25, 0.3) is 17.3 Å². The smallest absolute Gasteiger partial charge is 0.250 e. The summed E-state index contributed by atoms with van der Waals surface area (Å²) in [5, 5.41) is 5.28. The van der Waals surface area contributed by atoms with Crippen LogP contribution < -0.4 is 19.5 Å². The van der Waals surface area contributed by atoms with Crippen LogP contribution in [0.1, 0.15) is 38.7 Å². The van der Waals surface area contributed by atoms with Gasteiger partial charge in [0.25, 0.3) is 0 Å². The fraction of sp³-hybridized carbons (Fsp3) is 0.308. The summed E-state index contributed by atoms with van der Waals surface area (Å²) in [4.78, 5) is 16.9. The van der Waals surface area contributed by atoms with Gasteiger partial charge in [-0.1, -0.05) is 26.3 Å². The van der Waals surface area contributed by atoms with E-state index in [1.165, 1.54) is 17.4 Å². The molecule has 0 saturated heterocycles. The van der Waals surface area contributed by atoms with Crippen LogP contribution in [0.5, 0.6) is 17.2 Å². The number of amides is 1. The van der Waals surface area contributed by atoms with Crippen LogP contribution in [0.15, 0.2) is 53.9 Å². The molecular formula is C26H30N2O4S. The summed E-state index contributed by atoms with van der Waals surface area (Å²) < 4.78 is 16.7. The first-order valence-corrected chi connectivity index (χ1v) is 12.0. The third kappa shape index (κ3) is 7.36. The maximum Gasteiger partial charge on any atom is 0.250 e. The van der Waals surface area contributed by atoms with Crippen molar-refractivity contribution in [3.05, 3.63) is 59.5 Å². The summed E-state index contributed by atoms with van der Waals surface area (Å²) in [6.07, 6.45) is 6.27. The molecule has 0 unspecified atom stereocenters. The molecule has 0 saturated carbocycles. The van der Waals surface area contributed by atoms with Gasteiger partial charge in [0.1, 0.15) is 5.75 Å². The Hall–Kier alpha value is -3.32. The highest BCUT2D eigenvalue weighted by molar-refractivity contribution is 7.14. The predicted octanol–water partition coefficient (Wildman–Crippen LogP) is 6.44. The van der Waals surface area contributed by atoms with E-state index in [1.807, 2.05) is 54.8 Å². The van der Waals surface area contributed by atoms with E-state index in [0.29, 0.717) is 23.2 Å². The van der Waals surface area contributed by atoms with Crippen LogP contribution in [-0.2, 0) is 4.79 Å². The Kier molecular flexibility index (Phi) is 9.32. The number of carbonyl (C=O) groups is 1. The van der Waals surface area contributed by atoms with Crippen molar-refractivity contribution in [3.8, 4) is 28.5 Å². The molecule has 2 aromatic carbocycles. The average Bonchev–Trinajstić information content (AvgIpc) is 3.30. The number of benzene rings is 2. The molecule has 0 fully saturated rings. The first-order chi connectivity index (χ1) is 16.1. The molecule has 174 valence electrons. The average molecular weight is 467 g/mol. The number of ether oxygens (including phenoxy) is 3. The van der Waals surface area contributed by atoms with Gasteiger partial charge in [0.2, 0.25) is 5.91 Å². The number of methoxy groups -OCH3 is 1. The number of thiazole rings is 1. The number of hydrogen-bond donors (Lipinski definition) is 1. The highest BCUT2D eigenvalue weighted by atomic mass is 32.1. The van der Waals surface area contributed by atoms with Crippen molar-refractivity contribution in [1.29, 1.82) is 0 Å². The minimum absolute atomic E-state index is 0.249. The summed E-state index contributed by atoms with van der Waals surface area (Å²) in [5.41, 5.74) is 2.63. The number of hydrogen-bond acceptors (Lipinski definition) is 6. The molecule has 1 N–H and O–H groups in total. The third-order valence-corrected chi connectivity index (χ3v) is 5.49. The Bertz CT molecular complexity index is 1060. The van der Waals surface area contributed by atoms with E-state index in [9.17, 15) is 4.79 Å². The number of carbonyl (C=O) groups excluding carboxylic acids is 1. The van der Waals surface area contributed by atoms with Crippen LogP contribution in [0.3, 0.4) is 0 Å². The Morgan fingerprint density at radius 2 is 1.85 bits per heavy atom. The third-order valence-electron chi connectivity index (χ3n) is 4.73. The molecule has 0 atom stereocenters. The fourth-order valence-corrected chi connectivity index (χ4v) is 3.68. The van der Waals surface area contributed by atoms with E-state index in [2.05, 4.69) is 17.2 Å². The van der Waals surface area contributed by atoms with Gasteiger partial charge in [-0.25, -0.2) is 4.98 Å². The molecule has 6 nitrogen and oxygen atoms in total. The molecule has 0 aliphatic heterocycles. The first-order valence-electron chi connectivity index (χ1n) is 11.1. The van der Waals surface area contributed by atoms with Gasteiger partial charge in [-0.15, -0.1) is 11.3 Å². The zero-order valence-corrected chi connectivity index (χ0v) is 20.1. The van der Waals surface area contributed by atoms with E-state index in [4.69, 9.17) is 14.2 Å². The normalized spacial score (nSPS) is 10.9. The number of rotatable bonds is 12. The van der Waals surface area contributed by atoms with Gasteiger partial charge in [-0.2, -0.15) is 0 Å². The molecule has 33 heavy (non-hydrogen) atoms. The topological polar surface area (TPSA) is 69.7 Å². The quantitative estimate of drug-likeness (QED) is 0.246. The van der Waals surface area contributed by atoms with Gasteiger partial charge in [0.15, 0.2) is 16.6 Å². The van der Waals surface area contributed by atoms with Crippen molar-refractivity contribution in [1.82, 2.24) is 4.98 Å². The molecule has 0 radical (unpaired) electrons. The van der Waals surface area contributed by atoms with Gasteiger partial charge >= 0.3 is 0 Å². The highest BCUT2D eigenvalue weighted by Crippen LogP contribution is 2.29. The predicted molar refractivity (Wildman–Crippen MR) is 134 cm³/mol. The zero-order chi connectivity index (χ0) is 23.5. The molecular weight excluding hydrogens is 436 g/mol. The van der Waals surface area contributed by atoms with E-state index >= 15 is 0 Å². The second-order valence-corrected chi connectivity index (χ2v) is 8.20. The summed E-state index contributed by atoms with van der Waals surface area (Å²) >= 11 is 1.39. The Labute approximate surface area is 199 Å². The van der Waals surface area contributed by atoms with Crippen molar-refractivity contribution < 1.29 is 19.0 Å². The lowest BCUT2D eigenvalue weighted by atomic mass is 10.2. The molecule has 0 aliphatic carbocycles. The Balaban J connectivity index is 1.57. The van der Waals surface area contributed by atoms with Gasteiger partial charge in [0.05, 0.1) is 26.0 Å². The monoisotopic (exact) mass is 466 g/mol. The Morgan fingerprint density at radius 3 is 2.58 bits per heavy atom. The molecule has 3 rings (SSSR count). The lowest BCUT2D eigenvalue weighted by Crippen LogP contribution is -2.07. The molecule has 1 aromatic heterocycles. The minimum atomic E-state index is -0.249. The fourth-order valence-electron chi connectivity index (χ4n) is 2.96. The zero-order valence-electron chi connectivity index (χ0n) is 19.3. The van der Waals surface area contributed by atoms with Crippen LogP contribution in [0, 0.1) is 0 Å². The van der Waals surface area contributed by atoms with Crippen molar-refractivity contribution >= 4 is 28.5 Å². The first kappa shape index (κ1) is 24.3. The maximum atomic E-state index is 12.4. The number of unbranched alkanes of at least 4 members (excludes halogenated alkanes) is 1. The lowest BCUT2D eigenvalue weighted by Gasteiger charge is -2.10. The minimum Gasteiger partial charge on any atom is -0.494 e. The molecule has 3 aromatic rings. The van der Waals surface area contributed by atoms with Gasteiger partial charge < -0.3 is 14.2 Å². The standard InChI is InChI=1S/C26H30N2O4S/c1-4-6-16-31-21-11-9-20(10-12-21)22-18-33-26(27-22)28-25(29)14-8-19-7-13-23(32-15-5-2)24(17-19)30-3/h7-14,17-18H,4-6,15-16H2,1-3H3,(H,27,28,29)/b14-8+. The highest BCUT2D eigenvalue weighted by Gasteiger charge is 2.08. The van der Waals surface area contributed by atoms with E-state index < -0.39 is 0 Å². The number of nitrogens with one attached hydrogen (secondary N) is 1.